The van der Waals surface area contributed by atoms with Crippen molar-refractivity contribution in [3.8, 4) is 0 Å². The first kappa shape index (κ1) is 13.7. The van der Waals surface area contributed by atoms with Gasteiger partial charge in [-0.3, -0.25) is 5.10 Å². The Morgan fingerprint density at radius 3 is 2.89 bits per heavy atom. The van der Waals surface area contributed by atoms with Gasteiger partial charge in [-0.25, -0.2) is 4.98 Å². The van der Waals surface area contributed by atoms with E-state index in [2.05, 4.69) is 77.5 Å². The largest absolute Gasteiger partial charge is 0.310 e. The van der Waals surface area contributed by atoms with E-state index in [0.717, 1.165) is 27.7 Å². The van der Waals surface area contributed by atoms with Gasteiger partial charge >= 0.3 is 0 Å². The summed E-state index contributed by atoms with van der Waals surface area (Å²) < 4.78 is 2.18. The van der Waals surface area contributed by atoms with Gasteiger partial charge in [-0.05, 0) is 24.6 Å². The number of nitrogens with zero attached hydrogens (tertiary/aromatic N) is 2. The number of aromatic nitrogens is 3. The molecule has 0 spiro atoms. The lowest BCUT2D eigenvalue weighted by atomic mass is 10.1. The number of aromatic amines is 1. The summed E-state index contributed by atoms with van der Waals surface area (Å²) in [6, 6.07) is 6.51. The number of rotatable bonds is 5. The van der Waals surface area contributed by atoms with Crippen molar-refractivity contribution in [3.63, 3.8) is 0 Å². The van der Waals surface area contributed by atoms with Crippen LogP contribution in [0.25, 0.3) is 0 Å². The molecular weight excluding hydrogens is 360 g/mol. The molecule has 0 saturated carbocycles. The Labute approximate surface area is 123 Å². The molecule has 2 aromatic rings. The van der Waals surface area contributed by atoms with Gasteiger partial charge in [-0.2, -0.15) is 5.10 Å². The van der Waals surface area contributed by atoms with Crippen molar-refractivity contribution in [2.24, 2.45) is 0 Å². The summed E-state index contributed by atoms with van der Waals surface area (Å²) in [5, 5.41) is 10.1. The number of hydrogen-bond acceptors (Lipinski definition) is 3. The summed E-state index contributed by atoms with van der Waals surface area (Å²) in [5.41, 5.74) is 1.25. The lowest BCUT2D eigenvalue weighted by Gasteiger charge is -2.15. The summed E-state index contributed by atoms with van der Waals surface area (Å²) in [4.78, 5) is 4.09. The van der Waals surface area contributed by atoms with Crippen LogP contribution < -0.4 is 5.32 Å². The van der Waals surface area contributed by atoms with Gasteiger partial charge < -0.3 is 5.32 Å². The van der Waals surface area contributed by atoms with Gasteiger partial charge in [0.1, 0.15) is 12.2 Å². The second-order valence-electron chi connectivity index (χ2n) is 4.02. The predicted molar refractivity (Wildman–Crippen MR) is 78.3 cm³/mol. The van der Waals surface area contributed by atoms with Crippen LogP contribution in [0, 0.1) is 0 Å². The third-order valence-corrected chi connectivity index (χ3v) is 3.89. The van der Waals surface area contributed by atoms with Gasteiger partial charge in [0.2, 0.25) is 0 Å². The van der Waals surface area contributed by atoms with Gasteiger partial charge in [0, 0.05) is 28.0 Å². The molecule has 0 aliphatic rings. The summed E-state index contributed by atoms with van der Waals surface area (Å²) in [5.74, 6) is 0.907. The quantitative estimate of drug-likeness (QED) is 0.845. The fraction of sp³-hybridized carbons (Fsp3) is 0.333. The van der Waals surface area contributed by atoms with Gasteiger partial charge in [0.25, 0.3) is 0 Å². The third-order valence-electron chi connectivity index (χ3n) is 2.71. The molecule has 1 atom stereocenters. The van der Waals surface area contributed by atoms with Gasteiger partial charge in [-0.15, -0.1) is 0 Å². The molecule has 0 saturated heterocycles. The van der Waals surface area contributed by atoms with Crippen LogP contribution >= 0.6 is 31.9 Å². The maximum absolute atomic E-state index is 4.09. The van der Waals surface area contributed by atoms with Crippen molar-refractivity contribution < 1.29 is 0 Å². The maximum atomic E-state index is 4.09. The SMILES string of the molecule is CC(NCCc1ncn[nH]1)c1ccc(Br)cc1Br. The molecule has 0 amide bonds. The summed E-state index contributed by atoms with van der Waals surface area (Å²) in [6.07, 6.45) is 2.38. The van der Waals surface area contributed by atoms with Crippen molar-refractivity contribution >= 4 is 31.9 Å². The standard InChI is InChI=1S/C12H14Br2N4/c1-8(10-3-2-9(13)6-11(10)14)15-5-4-12-16-7-17-18-12/h2-3,6-8,15H,4-5H2,1H3,(H,16,17,18). The minimum Gasteiger partial charge on any atom is -0.310 e. The minimum atomic E-state index is 0.287. The van der Waals surface area contributed by atoms with E-state index in [1.54, 1.807) is 0 Å². The zero-order valence-corrected chi connectivity index (χ0v) is 13.1. The van der Waals surface area contributed by atoms with Gasteiger partial charge in [0.05, 0.1) is 0 Å². The molecule has 0 radical (unpaired) electrons. The molecular formula is C12H14Br2N4. The summed E-state index contributed by atoms with van der Waals surface area (Å²) >= 11 is 7.03. The van der Waals surface area contributed by atoms with Crippen LogP contribution in [0.4, 0.5) is 0 Å². The van der Waals surface area contributed by atoms with Crippen LogP contribution in [0.2, 0.25) is 0 Å². The highest BCUT2D eigenvalue weighted by molar-refractivity contribution is 9.11. The molecule has 1 aromatic heterocycles. The number of hydrogen-bond donors (Lipinski definition) is 2. The van der Waals surface area contributed by atoms with Crippen LogP contribution in [0.15, 0.2) is 33.5 Å². The molecule has 2 N–H and O–H groups in total. The Bertz CT molecular complexity index is 499. The molecule has 1 unspecified atom stereocenters. The molecule has 1 aromatic carbocycles. The molecule has 2 rings (SSSR count). The van der Waals surface area contributed by atoms with Crippen LogP contribution in [0.1, 0.15) is 24.4 Å². The lowest BCUT2D eigenvalue weighted by molar-refractivity contribution is 0.569. The number of H-pyrrole nitrogens is 1. The lowest BCUT2D eigenvalue weighted by Crippen LogP contribution is -2.22. The van der Waals surface area contributed by atoms with E-state index in [-0.39, 0.29) is 6.04 Å². The first-order chi connectivity index (χ1) is 8.66. The first-order valence-electron chi connectivity index (χ1n) is 5.69. The molecule has 0 bridgehead atoms. The van der Waals surface area contributed by atoms with Gasteiger partial charge in [-0.1, -0.05) is 37.9 Å². The second kappa shape index (κ2) is 6.45. The Morgan fingerprint density at radius 1 is 1.39 bits per heavy atom. The number of nitrogens with one attached hydrogen (secondary N) is 2. The zero-order valence-electron chi connectivity index (χ0n) is 9.95. The average molecular weight is 374 g/mol. The van der Waals surface area contributed by atoms with E-state index in [9.17, 15) is 0 Å². The third kappa shape index (κ3) is 3.63. The van der Waals surface area contributed by atoms with Crippen molar-refractivity contribution in [2.75, 3.05) is 6.54 Å². The van der Waals surface area contributed by atoms with Crippen LogP contribution in [0.5, 0.6) is 0 Å². The average Bonchev–Trinajstić information content (AvgIpc) is 2.81. The Hall–Kier alpha value is -0.720. The number of benzene rings is 1. The number of halogens is 2. The smallest absolute Gasteiger partial charge is 0.137 e. The van der Waals surface area contributed by atoms with Crippen molar-refractivity contribution in [1.82, 2.24) is 20.5 Å². The molecule has 96 valence electrons. The normalized spacial score (nSPS) is 12.6. The van der Waals surface area contributed by atoms with Crippen LogP contribution in [-0.4, -0.2) is 21.7 Å². The Balaban J connectivity index is 1.89. The van der Waals surface area contributed by atoms with E-state index in [4.69, 9.17) is 0 Å². The molecule has 18 heavy (non-hydrogen) atoms. The van der Waals surface area contributed by atoms with Crippen molar-refractivity contribution in [2.45, 2.75) is 19.4 Å². The molecule has 0 aliphatic carbocycles. The van der Waals surface area contributed by atoms with Gasteiger partial charge in [0.15, 0.2) is 0 Å². The molecule has 0 aliphatic heterocycles. The van der Waals surface area contributed by atoms with E-state index < -0.39 is 0 Å². The van der Waals surface area contributed by atoms with Crippen LogP contribution in [-0.2, 0) is 6.42 Å². The highest BCUT2D eigenvalue weighted by Gasteiger charge is 2.09. The van der Waals surface area contributed by atoms with E-state index in [0.29, 0.717) is 0 Å². The van der Waals surface area contributed by atoms with Crippen LogP contribution in [0.3, 0.4) is 0 Å². The highest BCUT2D eigenvalue weighted by Crippen LogP contribution is 2.26. The maximum Gasteiger partial charge on any atom is 0.137 e. The van der Waals surface area contributed by atoms with Crippen molar-refractivity contribution in [1.29, 1.82) is 0 Å². The minimum absolute atomic E-state index is 0.287. The van der Waals surface area contributed by atoms with Crippen molar-refractivity contribution in [3.05, 3.63) is 44.9 Å². The summed E-state index contributed by atoms with van der Waals surface area (Å²) in [6.45, 7) is 3.01. The van der Waals surface area contributed by atoms with E-state index >= 15 is 0 Å². The molecule has 1 heterocycles. The zero-order chi connectivity index (χ0) is 13.0. The molecule has 4 nitrogen and oxygen atoms in total. The fourth-order valence-electron chi connectivity index (χ4n) is 1.72. The Kier molecular flexibility index (Phi) is 4.91. The van der Waals surface area contributed by atoms with E-state index in [1.165, 1.54) is 11.9 Å². The summed E-state index contributed by atoms with van der Waals surface area (Å²) in [7, 11) is 0. The molecule has 0 fully saturated rings. The first-order valence-corrected chi connectivity index (χ1v) is 7.28. The van der Waals surface area contributed by atoms with E-state index in [1.807, 2.05) is 0 Å². The highest BCUT2D eigenvalue weighted by atomic mass is 79.9. The second-order valence-corrected chi connectivity index (χ2v) is 5.79. The fourth-order valence-corrected chi connectivity index (χ4v) is 3.11. The topological polar surface area (TPSA) is 53.6 Å². The monoisotopic (exact) mass is 372 g/mol. The predicted octanol–water partition coefficient (Wildman–Crippen LogP) is 3.22. The molecule has 6 heteroatoms. The Morgan fingerprint density at radius 2 is 2.22 bits per heavy atom.